The topological polar surface area (TPSA) is 41.1 Å². The van der Waals surface area contributed by atoms with Crippen molar-refractivity contribution < 1.29 is 4.39 Å². The lowest BCUT2D eigenvalue weighted by atomic mass is 10.1. The number of anilines is 1. The van der Waals surface area contributed by atoms with Crippen molar-refractivity contribution in [1.29, 1.82) is 0 Å². The van der Waals surface area contributed by atoms with Gasteiger partial charge in [-0.2, -0.15) is 0 Å². The first-order chi connectivity index (χ1) is 12.8. The summed E-state index contributed by atoms with van der Waals surface area (Å²) in [6.45, 7) is 4.28. The Labute approximate surface area is 157 Å². The molecule has 2 aromatic heterocycles. The lowest BCUT2D eigenvalue weighted by Gasteiger charge is -2.20. The summed E-state index contributed by atoms with van der Waals surface area (Å²) < 4.78 is 13.3. The van der Waals surface area contributed by atoms with Gasteiger partial charge in [-0.3, -0.25) is 0 Å². The second-order valence-electron chi connectivity index (χ2n) is 6.74. The van der Waals surface area contributed by atoms with Crippen LogP contribution in [0.3, 0.4) is 0 Å². The highest BCUT2D eigenvalue weighted by atomic mass is 32.1. The van der Waals surface area contributed by atoms with Crippen LogP contribution >= 0.6 is 11.3 Å². The number of aromatic nitrogens is 2. The molecule has 0 saturated carbocycles. The van der Waals surface area contributed by atoms with Crippen LogP contribution in [0.25, 0.3) is 21.3 Å². The van der Waals surface area contributed by atoms with Crippen molar-refractivity contribution in [2.45, 2.75) is 25.7 Å². The number of hydrogen-bond donors (Lipinski definition) is 1. The third kappa shape index (κ3) is 3.86. The molecule has 1 aliphatic rings. The molecule has 4 rings (SSSR count). The molecule has 4 nitrogen and oxygen atoms in total. The van der Waals surface area contributed by atoms with E-state index in [9.17, 15) is 4.39 Å². The molecule has 1 aromatic carbocycles. The van der Waals surface area contributed by atoms with E-state index in [1.54, 1.807) is 17.7 Å². The van der Waals surface area contributed by atoms with Crippen molar-refractivity contribution in [3.05, 3.63) is 41.8 Å². The molecule has 3 aromatic rings. The van der Waals surface area contributed by atoms with Gasteiger partial charge in [0.2, 0.25) is 0 Å². The van der Waals surface area contributed by atoms with E-state index < -0.39 is 0 Å². The van der Waals surface area contributed by atoms with Crippen LogP contribution in [0.2, 0.25) is 0 Å². The largest absolute Gasteiger partial charge is 0.368 e. The van der Waals surface area contributed by atoms with Gasteiger partial charge in [0.1, 0.15) is 22.8 Å². The van der Waals surface area contributed by atoms with Crippen molar-refractivity contribution in [3.63, 3.8) is 0 Å². The average molecular weight is 370 g/mol. The van der Waals surface area contributed by atoms with E-state index in [1.165, 1.54) is 50.9 Å². The maximum absolute atomic E-state index is 13.3. The lowest BCUT2D eigenvalue weighted by Crippen LogP contribution is -2.30. The Kier molecular flexibility index (Phi) is 5.41. The summed E-state index contributed by atoms with van der Waals surface area (Å²) in [5, 5.41) is 6.61. The molecular formula is C20H23FN4S. The van der Waals surface area contributed by atoms with E-state index >= 15 is 0 Å². The maximum Gasteiger partial charge on any atom is 0.138 e. The maximum atomic E-state index is 13.3. The van der Waals surface area contributed by atoms with Crippen molar-refractivity contribution in [2.75, 3.05) is 31.5 Å². The second-order valence-corrected chi connectivity index (χ2v) is 7.60. The number of nitrogens with zero attached hydrogens (tertiary/aromatic N) is 3. The monoisotopic (exact) mass is 370 g/mol. The minimum absolute atomic E-state index is 0.222. The average Bonchev–Trinajstić information content (AvgIpc) is 2.92. The molecule has 1 aliphatic heterocycles. The van der Waals surface area contributed by atoms with Gasteiger partial charge < -0.3 is 10.2 Å². The van der Waals surface area contributed by atoms with Gasteiger partial charge in [0.05, 0.1) is 5.39 Å². The van der Waals surface area contributed by atoms with Gasteiger partial charge >= 0.3 is 0 Å². The van der Waals surface area contributed by atoms with Crippen molar-refractivity contribution in [1.82, 2.24) is 14.9 Å². The van der Waals surface area contributed by atoms with Crippen LogP contribution in [-0.4, -0.2) is 41.0 Å². The van der Waals surface area contributed by atoms with Crippen LogP contribution in [0, 0.1) is 5.82 Å². The SMILES string of the molecule is Fc1ccc(-c2csc3ncnc(NCCN4CCCCCC4)c23)cc1. The van der Waals surface area contributed by atoms with E-state index in [-0.39, 0.29) is 5.82 Å². The second kappa shape index (κ2) is 8.10. The van der Waals surface area contributed by atoms with Gasteiger partial charge in [-0.25, -0.2) is 14.4 Å². The predicted molar refractivity (Wildman–Crippen MR) is 106 cm³/mol. The quantitative estimate of drug-likeness (QED) is 0.701. The third-order valence-electron chi connectivity index (χ3n) is 4.94. The summed E-state index contributed by atoms with van der Waals surface area (Å²) >= 11 is 1.60. The molecule has 26 heavy (non-hydrogen) atoms. The standard InChI is InChI=1S/C20H23FN4S/c21-16-7-5-15(6-8-16)17-13-26-20-18(17)19(23-14-24-20)22-9-12-25-10-3-1-2-4-11-25/h5-8,13-14H,1-4,9-12H2,(H,22,23,24). The molecule has 0 radical (unpaired) electrons. The summed E-state index contributed by atoms with van der Waals surface area (Å²) in [4.78, 5) is 12.4. The molecule has 3 heterocycles. The Bertz CT molecular complexity index is 854. The normalized spacial score (nSPS) is 15.9. The zero-order chi connectivity index (χ0) is 17.8. The Balaban J connectivity index is 1.53. The number of fused-ring (bicyclic) bond motifs is 1. The Morgan fingerprint density at radius 1 is 1.04 bits per heavy atom. The van der Waals surface area contributed by atoms with E-state index in [0.717, 1.165) is 40.3 Å². The number of nitrogens with one attached hydrogen (secondary N) is 1. The van der Waals surface area contributed by atoms with Gasteiger partial charge in [0.25, 0.3) is 0 Å². The Morgan fingerprint density at radius 2 is 1.81 bits per heavy atom. The summed E-state index contributed by atoms with van der Waals surface area (Å²) in [6.07, 6.45) is 6.92. The molecule has 6 heteroatoms. The zero-order valence-corrected chi connectivity index (χ0v) is 15.6. The van der Waals surface area contributed by atoms with Crippen LogP contribution in [0.4, 0.5) is 10.2 Å². The van der Waals surface area contributed by atoms with Gasteiger partial charge in [-0.1, -0.05) is 25.0 Å². The number of rotatable bonds is 5. The van der Waals surface area contributed by atoms with Gasteiger partial charge in [0.15, 0.2) is 0 Å². The third-order valence-corrected chi connectivity index (χ3v) is 5.83. The minimum atomic E-state index is -0.222. The van der Waals surface area contributed by atoms with Crippen LogP contribution in [-0.2, 0) is 0 Å². The van der Waals surface area contributed by atoms with Crippen LogP contribution in [0.1, 0.15) is 25.7 Å². The minimum Gasteiger partial charge on any atom is -0.368 e. The number of likely N-dealkylation sites (tertiary alicyclic amines) is 1. The molecule has 0 spiro atoms. The number of halogens is 1. The lowest BCUT2D eigenvalue weighted by molar-refractivity contribution is 0.296. The fraction of sp³-hybridized carbons (Fsp3) is 0.400. The molecule has 1 saturated heterocycles. The van der Waals surface area contributed by atoms with E-state index in [0.29, 0.717) is 0 Å². The fourth-order valence-corrected chi connectivity index (χ4v) is 4.46. The van der Waals surface area contributed by atoms with Crippen LogP contribution < -0.4 is 5.32 Å². The first-order valence-corrected chi connectivity index (χ1v) is 10.1. The molecule has 136 valence electrons. The van der Waals surface area contributed by atoms with E-state index in [1.807, 2.05) is 12.1 Å². The smallest absolute Gasteiger partial charge is 0.138 e. The van der Waals surface area contributed by atoms with Gasteiger partial charge in [0, 0.05) is 24.0 Å². The van der Waals surface area contributed by atoms with Crippen molar-refractivity contribution in [2.24, 2.45) is 0 Å². The Hall–Kier alpha value is -2.05. The van der Waals surface area contributed by atoms with Gasteiger partial charge in [-0.15, -0.1) is 11.3 Å². The summed E-state index contributed by atoms with van der Waals surface area (Å²) in [5.41, 5.74) is 2.05. The number of benzene rings is 1. The highest BCUT2D eigenvalue weighted by Gasteiger charge is 2.14. The van der Waals surface area contributed by atoms with E-state index in [4.69, 9.17) is 0 Å². The molecule has 1 fully saturated rings. The molecule has 0 bridgehead atoms. The summed E-state index contributed by atoms with van der Waals surface area (Å²) in [6, 6.07) is 6.61. The summed E-state index contributed by atoms with van der Waals surface area (Å²) in [5.74, 6) is 0.644. The fourth-order valence-electron chi connectivity index (χ4n) is 3.54. The molecule has 0 amide bonds. The number of thiophene rings is 1. The molecule has 0 unspecified atom stereocenters. The number of hydrogen-bond acceptors (Lipinski definition) is 5. The predicted octanol–water partition coefficient (Wildman–Crippen LogP) is 4.79. The molecule has 0 aliphatic carbocycles. The van der Waals surface area contributed by atoms with Crippen LogP contribution in [0.5, 0.6) is 0 Å². The molecule has 1 N–H and O–H groups in total. The summed E-state index contributed by atoms with van der Waals surface area (Å²) in [7, 11) is 0. The Morgan fingerprint density at radius 3 is 2.58 bits per heavy atom. The zero-order valence-electron chi connectivity index (χ0n) is 14.7. The van der Waals surface area contributed by atoms with Crippen molar-refractivity contribution in [3.8, 4) is 11.1 Å². The first-order valence-electron chi connectivity index (χ1n) is 9.25. The first kappa shape index (κ1) is 17.4. The van der Waals surface area contributed by atoms with Gasteiger partial charge in [-0.05, 0) is 43.6 Å². The van der Waals surface area contributed by atoms with Crippen molar-refractivity contribution >= 4 is 27.4 Å². The van der Waals surface area contributed by atoms with E-state index in [2.05, 4.69) is 25.6 Å². The molecular weight excluding hydrogens is 347 g/mol. The van der Waals surface area contributed by atoms with Crippen LogP contribution in [0.15, 0.2) is 36.0 Å². The molecule has 0 atom stereocenters. The highest BCUT2D eigenvalue weighted by Crippen LogP contribution is 2.36. The highest BCUT2D eigenvalue weighted by molar-refractivity contribution is 7.17.